The monoisotopic (exact) mass is 248 g/mol. The number of rotatable bonds is 8. The van der Waals surface area contributed by atoms with Crippen LogP contribution < -0.4 is 11.1 Å². The van der Waals surface area contributed by atoms with Gasteiger partial charge < -0.3 is 11.1 Å². The first kappa shape index (κ1) is 15.2. The molecule has 0 fully saturated rings. The normalized spacial score (nSPS) is 14.7. The Balaban J connectivity index is 2.22. The lowest BCUT2D eigenvalue weighted by atomic mass is 9.95. The fourth-order valence-corrected chi connectivity index (χ4v) is 2.15. The summed E-state index contributed by atoms with van der Waals surface area (Å²) in [5, 5.41) is 3.54. The van der Waals surface area contributed by atoms with Gasteiger partial charge >= 0.3 is 0 Å². The van der Waals surface area contributed by atoms with Gasteiger partial charge in [-0.1, -0.05) is 51.1 Å². The minimum Gasteiger partial charge on any atom is -0.330 e. The maximum Gasteiger partial charge on any atom is -0.000600 e. The highest BCUT2D eigenvalue weighted by Gasteiger charge is 2.11. The summed E-state index contributed by atoms with van der Waals surface area (Å²) in [4.78, 5) is 0. The SMILES string of the molecule is CC(CCNCC(CN)C(C)C)c1ccccc1. The minimum atomic E-state index is 0.594. The lowest BCUT2D eigenvalue weighted by Crippen LogP contribution is -2.32. The number of nitrogens with two attached hydrogens (primary N) is 1. The highest BCUT2D eigenvalue weighted by molar-refractivity contribution is 5.18. The Bertz CT molecular complexity index is 308. The minimum absolute atomic E-state index is 0.594. The summed E-state index contributed by atoms with van der Waals surface area (Å²) < 4.78 is 0. The van der Waals surface area contributed by atoms with E-state index >= 15 is 0 Å². The van der Waals surface area contributed by atoms with Gasteiger partial charge in [0.15, 0.2) is 0 Å². The highest BCUT2D eigenvalue weighted by atomic mass is 14.9. The Morgan fingerprint density at radius 1 is 1.11 bits per heavy atom. The Labute approximate surface area is 112 Å². The van der Waals surface area contributed by atoms with Gasteiger partial charge in [-0.25, -0.2) is 0 Å². The van der Waals surface area contributed by atoms with Crippen molar-refractivity contribution in [1.29, 1.82) is 0 Å². The van der Waals surface area contributed by atoms with Crippen molar-refractivity contribution in [1.82, 2.24) is 5.32 Å². The van der Waals surface area contributed by atoms with Crippen LogP contribution in [0.15, 0.2) is 30.3 Å². The number of benzene rings is 1. The van der Waals surface area contributed by atoms with E-state index in [2.05, 4.69) is 56.4 Å². The molecule has 0 bridgehead atoms. The van der Waals surface area contributed by atoms with Crippen LogP contribution in [0.25, 0.3) is 0 Å². The van der Waals surface area contributed by atoms with Gasteiger partial charge in [-0.3, -0.25) is 0 Å². The first-order valence-corrected chi connectivity index (χ1v) is 7.10. The molecule has 0 aliphatic rings. The Morgan fingerprint density at radius 3 is 2.33 bits per heavy atom. The summed E-state index contributed by atoms with van der Waals surface area (Å²) in [7, 11) is 0. The van der Waals surface area contributed by atoms with Crippen LogP contribution in [0, 0.1) is 11.8 Å². The quantitative estimate of drug-likeness (QED) is 0.694. The van der Waals surface area contributed by atoms with Crippen molar-refractivity contribution < 1.29 is 0 Å². The van der Waals surface area contributed by atoms with Crippen molar-refractivity contribution in [2.24, 2.45) is 17.6 Å². The molecule has 0 radical (unpaired) electrons. The molecule has 1 aromatic rings. The summed E-state index contributed by atoms with van der Waals surface area (Å²) in [6.45, 7) is 9.66. The van der Waals surface area contributed by atoms with E-state index in [1.54, 1.807) is 0 Å². The molecule has 18 heavy (non-hydrogen) atoms. The molecule has 2 heteroatoms. The Morgan fingerprint density at radius 2 is 1.78 bits per heavy atom. The average Bonchev–Trinajstić information content (AvgIpc) is 2.39. The topological polar surface area (TPSA) is 38.0 Å². The van der Waals surface area contributed by atoms with E-state index in [9.17, 15) is 0 Å². The van der Waals surface area contributed by atoms with Gasteiger partial charge in [-0.05, 0) is 49.4 Å². The molecule has 0 aromatic heterocycles. The van der Waals surface area contributed by atoms with Gasteiger partial charge in [-0.15, -0.1) is 0 Å². The summed E-state index contributed by atoms with van der Waals surface area (Å²) in [6, 6.07) is 10.7. The Kier molecular flexibility index (Phi) is 6.99. The van der Waals surface area contributed by atoms with Crippen LogP contribution in [-0.2, 0) is 0 Å². The molecule has 0 amide bonds. The molecule has 0 saturated heterocycles. The van der Waals surface area contributed by atoms with Crippen LogP contribution in [0.4, 0.5) is 0 Å². The van der Waals surface area contributed by atoms with E-state index in [-0.39, 0.29) is 0 Å². The second-order valence-electron chi connectivity index (χ2n) is 5.54. The second-order valence-corrected chi connectivity index (χ2v) is 5.54. The molecule has 2 nitrogen and oxygen atoms in total. The highest BCUT2D eigenvalue weighted by Crippen LogP contribution is 2.17. The number of nitrogens with one attached hydrogen (secondary N) is 1. The molecule has 102 valence electrons. The van der Waals surface area contributed by atoms with Crippen LogP contribution in [0.2, 0.25) is 0 Å². The molecule has 1 aromatic carbocycles. The first-order valence-electron chi connectivity index (χ1n) is 7.10. The molecule has 2 atom stereocenters. The van der Waals surface area contributed by atoms with Gasteiger partial charge in [0.25, 0.3) is 0 Å². The second kappa shape index (κ2) is 8.28. The number of hydrogen-bond donors (Lipinski definition) is 2. The van der Waals surface area contributed by atoms with Crippen molar-refractivity contribution >= 4 is 0 Å². The van der Waals surface area contributed by atoms with Crippen molar-refractivity contribution in [3.05, 3.63) is 35.9 Å². The molecule has 0 saturated carbocycles. The summed E-state index contributed by atoms with van der Waals surface area (Å²) in [6.07, 6.45) is 1.18. The first-order chi connectivity index (χ1) is 8.65. The van der Waals surface area contributed by atoms with Gasteiger partial charge in [0.2, 0.25) is 0 Å². The number of hydrogen-bond acceptors (Lipinski definition) is 2. The van der Waals surface area contributed by atoms with Crippen molar-refractivity contribution in [2.75, 3.05) is 19.6 Å². The third-order valence-corrected chi connectivity index (χ3v) is 3.77. The smallest absolute Gasteiger partial charge is 0.000600 e. The van der Waals surface area contributed by atoms with Gasteiger partial charge in [0.1, 0.15) is 0 Å². The Hall–Kier alpha value is -0.860. The molecular weight excluding hydrogens is 220 g/mol. The summed E-state index contributed by atoms with van der Waals surface area (Å²) >= 11 is 0. The largest absolute Gasteiger partial charge is 0.330 e. The van der Waals surface area contributed by atoms with Gasteiger partial charge in [0, 0.05) is 0 Å². The predicted molar refractivity (Wildman–Crippen MR) is 79.7 cm³/mol. The third kappa shape index (κ3) is 5.19. The van der Waals surface area contributed by atoms with Crippen LogP contribution in [-0.4, -0.2) is 19.6 Å². The molecule has 0 spiro atoms. The van der Waals surface area contributed by atoms with Crippen LogP contribution in [0.1, 0.15) is 38.7 Å². The molecule has 0 heterocycles. The van der Waals surface area contributed by atoms with E-state index in [0.717, 1.165) is 19.6 Å². The van der Waals surface area contributed by atoms with Crippen molar-refractivity contribution in [3.63, 3.8) is 0 Å². The zero-order valence-electron chi connectivity index (χ0n) is 12.0. The zero-order valence-corrected chi connectivity index (χ0v) is 12.0. The van der Waals surface area contributed by atoms with Crippen molar-refractivity contribution in [2.45, 2.75) is 33.1 Å². The maximum absolute atomic E-state index is 5.77. The molecule has 3 N–H and O–H groups in total. The van der Waals surface area contributed by atoms with E-state index in [1.165, 1.54) is 12.0 Å². The lowest BCUT2D eigenvalue weighted by molar-refractivity contribution is 0.369. The van der Waals surface area contributed by atoms with Crippen LogP contribution in [0.5, 0.6) is 0 Å². The molecular formula is C16H28N2. The van der Waals surface area contributed by atoms with E-state index in [4.69, 9.17) is 5.73 Å². The lowest BCUT2D eigenvalue weighted by Gasteiger charge is -2.20. The molecule has 0 aliphatic heterocycles. The van der Waals surface area contributed by atoms with Gasteiger partial charge in [-0.2, -0.15) is 0 Å². The fraction of sp³-hybridized carbons (Fsp3) is 0.625. The third-order valence-electron chi connectivity index (χ3n) is 3.77. The van der Waals surface area contributed by atoms with Crippen molar-refractivity contribution in [3.8, 4) is 0 Å². The van der Waals surface area contributed by atoms with Crippen LogP contribution in [0.3, 0.4) is 0 Å². The molecule has 1 rings (SSSR count). The van der Waals surface area contributed by atoms with E-state index < -0.39 is 0 Å². The van der Waals surface area contributed by atoms with E-state index in [1.807, 2.05) is 0 Å². The van der Waals surface area contributed by atoms with Gasteiger partial charge in [0.05, 0.1) is 0 Å². The van der Waals surface area contributed by atoms with Crippen LogP contribution >= 0.6 is 0 Å². The summed E-state index contributed by atoms with van der Waals surface area (Å²) in [5.74, 6) is 1.88. The maximum atomic E-state index is 5.77. The summed E-state index contributed by atoms with van der Waals surface area (Å²) in [5.41, 5.74) is 7.20. The molecule has 0 aliphatic carbocycles. The van der Waals surface area contributed by atoms with E-state index in [0.29, 0.717) is 17.8 Å². The average molecular weight is 248 g/mol. The fourth-order valence-electron chi connectivity index (χ4n) is 2.15. The molecule has 2 unspecified atom stereocenters. The zero-order chi connectivity index (χ0) is 13.4. The standard InChI is InChI=1S/C16H28N2/c1-13(2)16(11-17)12-18-10-9-14(3)15-7-5-4-6-8-15/h4-8,13-14,16,18H,9-12,17H2,1-3H3. The predicted octanol–water partition coefficient (Wildman–Crippen LogP) is 3.00.